The maximum atomic E-state index is 12.8. The Bertz CT molecular complexity index is 667. The number of carbonyl (C=O) groups excluding carboxylic acids is 1. The van der Waals surface area contributed by atoms with Gasteiger partial charge in [0, 0.05) is 18.3 Å². The van der Waals surface area contributed by atoms with Crippen molar-refractivity contribution in [2.24, 2.45) is 0 Å². The minimum absolute atomic E-state index is 0.0211. The first-order chi connectivity index (χ1) is 11.5. The zero-order chi connectivity index (χ0) is 17.5. The number of nitrogens with zero attached hydrogens (tertiary/aromatic N) is 1. The molecule has 0 aliphatic heterocycles. The molecule has 0 radical (unpaired) electrons. The molecular formula is C21H28N2O. The van der Waals surface area contributed by atoms with E-state index in [9.17, 15) is 4.79 Å². The van der Waals surface area contributed by atoms with Gasteiger partial charge in [-0.25, -0.2) is 4.79 Å². The molecule has 2 aromatic carbocycles. The molecule has 0 spiro atoms. The summed E-state index contributed by atoms with van der Waals surface area (Å²) >= 11 is 0. The van der Waals surface area contributed by atoms with Crippen LogP contribution in [-0.2, 0) is 6.42 Å². The van der Waals surface area contributed by atoms with Crippen LogP contribution in [0, 0.1) is 13.8 Å². The highest BCUT2D eigenvalue weighted by Crippen LogP contribution is 2.18. The third-order valence-corrected chi connectivity index (χ3v) is 4.49. The van der Waals surface area contributed by atoms with E-state index >= 15 is 0 Å². The quantitative estimate of drug-likeness (QED) is 0.780. The summed E-state index contributed by atoms with van der Waals surface area (Å²) in [6.45, 7) is 9.02. The van der Waals surface area contributed by atoms with Gasteiger partial charge in [-0.1, -0.05) is 55.0 Å². The van der Waals surface area contributed by atoms with Crippen LogP contribution in [0.1, 0.15) is 37.0 Å². The van der Waals surface area contributed by atoms with Crippen molar-refractivity contribution in [3.8, 4) is 0 Å². The molecule has 1 atom stereocenters. The molecule has 0 saturated heterocycles. The molecule has 24 heavy (non-hydrogen) atoms. The second-order valence-electron chi connectivity index (χ2n) is 6.43. The number of aryl methyl sites for hydroxylation is 2. The summed E-state index contributed by atoms with van der Waals surface area (Å²) in [5.74, 6) is 0. The van der Waals surface area contributed by atoms with Crippen molar-refractivity contribution in [1.82, 2.24) is 4.90 Å². The van der Waals surface area contributed by atoms with Gasteiger partial charge in [0.1, 0.15) is 0 Å². The second kappa shape index (κ2) is 8.53. The fourth-order valence-electron chi connectivity index (χ4n) is 2.78. The molecule has 0 heterocycles. The third-order valence-electron chi connectivity index (χ3n) is 4.49. The van der Waals surface area contributed by atoms with Gasteiger partial charge in [-0.15, -0.1) is 0 Å². The fourth-order valence-corrected chi connectivity index (χ4v) is 2.78. The molecule has 2 aromatic rings. The number of amides is 2. The van der Waals surface area contributed by atoms with Crippen molar-refractivity contribution in [1.29, 1.82) is 0 Å². The summed E-state index contributed by atoms with van der Waals surface area (Å²) in [4.78, 5) is 14.7. The predicted octanol–water partition coefficient (Wildman–Crippen LogP) is 5.18. The van der Waals surface area contributed by atoms with Gasteiger partial charge in [-0.05, 0) is 50.8 Å². The number of carbonyl (C=O) groups is 1. The number of benzene rings is 2. The molecule has 3 nitrogen and oxygen atoms in total. The molecule has 0 saturated carbocycles. The molecule has 1 N–H and O–H groups in total. The van der Waals surface area contributed by atoms with Gasteiger partial charge in [0.05, 0.1) is 0 Å². The molecule has 0 bridgehead atoms. The van der Waals surface area contributed by atoms with Crippen LogP contribution >= 0.6 is 0 Å². The van der Waals surface area contributed by atoms with Crippen LogP contribution in [0.25, 0.3) is 0 Å². The van der Waals surface area contributed by atoms with E-state index in [1.165, 1.54) is 11.1 Å². The Labute approximate surface area is 145 Å². The van der Waals surface area contributed by atoms with E-state index in [2.05, 4.69) is 44.3 Å². The molecule has 0 fully saturated rings. The van der Waals surface area contributed by atoms with Gasteiger partial charge >= 0.3 is 6.03 Å². The van der Waals surface area contributed by atoms with E-state index in [0.29, 0.717) is 0 Å². The Kier molecular flexibility index (Phi) is 6.42. The van der Waals surface area contributed by atoms with Crippen molar-refractivity contribution in [2.45, 2.75) is 46.6 Å². The minimum atomic E-state index is -0.0211. The average molecular weight is 324 g/mol. The SMILES string of the molecule is CCC(C)N(CCc1ccccc1)C(=O)Nc1ccc(C)cc1C. The van der Waals surface area contributed by atoms with E-state index in [1.807, 2.05) is 42.2 Å². The van der Waals surface area contributed by atoms with Crippen molar-refractivity contribution in [3.63, 3.8) is 0 Å². The van der Waals surface area contributed by atoms with E-state index in [4.69, 9.17) is 0 Å². The van der Waals surface area contributed by atoms with Crippen molar-refractivity contribution < 1.29 is 4.79 Å². The van der Waals surface area contributed by atoms with E-state index in [1.54, 1.807) is 0 Å². The number of rotatable bonds is 6. The number of hydrogen-bond donors (Lipinski definition) is 1. The highest BCUT2D eigenvalue weighted by molar-refractivity contribution is 5.90. The molecule has 3 heteroatoms. The van der Waals surface area contributed by atoms with Crippen LogP contribution in [-0.4, -0.2) is 23.5 Å². The lowest BCUT2D eigenvalue weighted by Gasteiger charge is -2.29. The number of nitrogens with one attached hydrogen (secondary N) is 1. The van der Waals surface area contributed by atoms with Crippen molar-refractivity contribution >= 4 is 11.7 Å². The second-order valence-corrected chi connectivity index (χ2v) is 6.43. The zero-order valence-electron chi connectivity index (χ0n) is 15.2. The summed E-state index contributed by atoms with van der Waals surface area (Å²) in [5, 5.41) is 3.08. The smallest absolute Gasteiger partial charge is 0.322 e. The molecule has 2 rings (SSSR count). The molecule has 1 unspecified atom stereocenters. The lowest BCUT2D eigenvalue weighted by Crippen LogP contribution is -2.42. The lowest BCUT2D eigenvalue weighted by molar-refractivity contribution is 0.191. The summed E-state index contributed by atoms with van der Waals surface area (Å²) < 4.78 is 0. The largest absolute Gasteiger partial charge is 0.322 e. The first-order valence-electron chi connectivity index (χ1n) is 8.70. The minimum Gasteiger partial charge on any atom is -0.322 e. The lowest BCUT2D eigenvalue weighted by atomic mass is 10.1. The van der Waals surface area contributed by atoms with Gasteiger partial charge < -0.3 is 10.2 Å². The molecule has 128 valence electrons. The third kappa shape index (κ3) is 4.85. The Morgan fingerprint density at radius 2 is 1.83 bits per heavy atom. The first kappa shape index (κ1) is 18.1. The van der Waals surface area contributed by atoms with Gasteiger partial charge in [0.2, 0.25) is 0 Å². The number of hydrogen-bond acceptors (Lipinski definition) is 1. The number of urea groups is 1. The summed E-state index contributed by atoms with van der Waals surface area (Å²) in [5.41, 5.74) is 4.44. The zero-order valence-corrected chi connectivity index (χ0v) is 15.2. The van der Waals surface area contributed by atoms with E-state index in [-0.39, 0.29) is 12.1 Å². The Balaban J connectivity index is 2.07. The normalized spacial score (nSPS) is 11.8. The number of anilines is 1. The van der Waals surface area contributed by atoms with Gasteiger partial charge in [0.15, 0.2) is 0 Å². The highest BCUT2D eigenvalue weighted by Gasteiger charge is 2.19. The van der Waals surface area contributed by atoms with E-state index in [0.717, 1.165) is 30.6 Å². The van der Waals surface area contributed by atoms with Gasteiger partial charge in [0.25, 0.3) is 0 Å². The first-order valence-corrected chi connectivity index (χ1v) is 8.70. The van der Waals surface area contributed by atoms with Crippen LogP contribution in [0.3, 0.4) is 0 Å². The maximum Gasteiger partial charge on any atom is 0.322 e. The molecule has 2 amide bonds. The van der Waals surface area contributed by atoms with Crippen LogP contribution in [0.4, 0.5) is 10.5 Å². The topological polar surface area (TPSA) is 32.3 Å². The van der Waals surface area contributed by atoms with E-state index < -0.39 is 0 Å². The Morgan fingerprint density at radius 1 is 1.12 bits per heavy atom. The molecule has 0 aliphatic carbocycles. The van der Waals surface area contributed by atoms with Crippen molar-refractivity contribution in [2.75, 3.05) is 11.9 Å². The van der Waals surface area contributed by atoms with Crippen LogP contribution < -0.4 is 5.32 Å². The average Bonchev–Trinajstić information content (AvgIpc) is 2.58. The summed E-state index contributed by atoms with van der Waals surface area (Å²) in [6.07, 6.45) is 1.81. The monoisotopic (exact) mass is 324 g/mol. The molecule has 0 aliphatic rings. The highest BCUT2D eigenvalue weighted by atomic mass is 16.2. The van der Waals surface area contributed by atoms with Crippen LogP contribution in [0.5, 0.6) is 0 Å². The predicted molar refractivity (Wildman–Crippen MR) is 102 cm³/mol. The van der Waals surface area contributed by atoms with Crippen molar-refractivity contribution in [3.05, 3.63) is 65.2 Å². The summed E-state index contributed by atoms with van der Waals surface area (Å²) in [6, 6.07) is 16.6. The maximum absolute atomic E-state index is 12.8. The molecule has 0 aromatic heterocycles. The Hall–Kier alpha value is -2.29. The molecular weight excluding hydrogens is 296 g/mol. The van der Waals surface area contributed by atoms with Crippen LogP contribution in [0.15, 0.2) is 48.5 Å². The van der Waals surface area contributed by atoms with Crippen LogP contribution in [0.2, 0.25) is 0 Å². The standard InChI is InChI=1S/C21H28N2O/c1-5-18(4)23(14-13-19-9-7-6-8-10-19)21(24)22-20-12-11-16(2)15-17(20)3/h6-12,15,18H,5,13-14H2,1-4H3,(H,22,24). The Morgan fingerprint density at radius 3 is 2.46 bits per heavy atom. The fraction of sp³-hybridized carbons (Fsp3) is 0.381. The summed E-state index contributed by atoms with van der Waals surface area (Å²) in [7, 11) is 0. The van der Waals surface area contributed by atoms with Gasteiger partial charge in [-0.2, -0.15) is 0 Å². The van der Waals surface area contributed by atoms with Gasteiger partial charge in [-0.3, -0.25) is 0 Å².